The first-order chi connectivity index (χ1) is 11.8. The number of carbonyl (C=O) groups excluding carboxylic acids is 1. The summed E-state index contributed by atoms with van der Waals surface area (Å²) in [6.07, 6.45) is 5.05. The van der Waals surface area contributed by atoms with Gasteiger partial charge in [0.2, 0.25) is 0 Å². The average molecular weight is 327 g/mol. The molecule has 3 rings (SSSR count). The highest BCUT2D eigenvalue weighted by Gasteiger charge is 2.17. The molecule has 5 heteroatoms. The van der Waals surface area contributed by atoms with Crippen molar-refractivity contribution in [3.63, 3.8) is 0 Å². The highest BCUT2D eigenvalue weighted by Crippen LogP contribution is 2.32. The number of rotatable bonds is 7. The molecular weight excluding hydrogens is 302 g/mol. The van der Waals surface area contributed by atoms with Crippen LogP contribution in [0.5, 0.6) is 0 Å². The van der Waals surface area contributed by atoms with Gasteiger partial charge in [0.05, 0.1) is 19.0 Å². The summed E-state index contributed by atoms with van der Waals surface area (Å²) in [5.41, 5.74) is 4.94. The molecule has 2 aromatic rings. The summed E-state index contributed by atoms with van der Waals surface area (Å²) in [4.78, 5) is 15.9. The van der Waals surface area contributed by atoms with E-state index in [9.17, 15) is 4.79 Å². The van der Waals surface area contributed by atoms with Gasteiger partial charge in [0.25, 0.3) is 0 Å². The zero-order valence-electron chi connectivity index (χ0n) is 14.2. The van der Waals surface area contributed by atoms with Gasteiger partial charge in [-0.25, -0.2) is 0 Å². The Bertz CT molecular complexity index is 715. The Labute approximate surface area is 142 Å². The minimum atomic E-state index is -0.176. The molecule has 1 aromatic heterocycles. The van der Waals surface area contributed by atoms with Crippen LogP contribution < -0.4 is 10.6 Å². The molecule has 1 heterocycles. The molecule has 0 radical (unpaired) electrons. The highest BCUT2D eigenvalue weighted by molar-refractivity contribution is 5.93. The molecule has 0 fully saturated rings. The molecule has 0 spiro atoms. The number of benzene rings is 1. The van der Waals surface area contributed by atoms with Gasteiger partial charge in [-0.05, 0) is 37.3 Å². The second-order valence-electron chi connectivity index (χ2n) is 6.14. The quantitative estimate of drug-likeness (QED) is 0.605. The number of fused-ring (bicyclic) bond motifs is 2. The zero-order chi connectivity index (χ0) is 16.8. The van der Waals surface area contributed by atoms with E-state index in [2.05, 4.69) is 33.6 Å². The first-order valence-electron chi connectivity index (χ1n) is 8.71. The standard InChI is InChI=1S/C19H25N3O2/c1-24-18(23)10-11-20-12-13-21-19-14-6-2-4-8-16(14)22-17-9-5-3-7-15(17)19/h2,4,6,8,20H,3,5,7,9-13H2,1H3,(H,21,22). The topological polar surface area (TPSA) is 63.2 Å². The lowest BCUT2D eigenvalue weighted by molar-refractivity contribution is -0.140. The van der Waals surface area contributed by atoms with E-state index in [1.165, 1.54) is 42.3 Å². The number of anilines is 1. The van der Waals surface area contributed by atoms with Crippen molar-refractivity contribution in [1.29, 1.82) is 0 Å². The largest absolute Gasteiger partial charge is 0.469 e. The molecule has 24 heavy (non-hydrogen) atoms. The van der Waals surface area contributed by atoms with Gasteiger partial charge in [0, 0.05) is 36.4 Å². The van der Waals surface area contributed by atoms with Crippen LogP contribution in [0.4, 0.5) is 5.69 Å². The van der Waals surface area contributed by atoms with Crippen molar-refractivity contribution in [2.24, 2.45) is 0 Å². The lowest BCUT2D eigenvalue weighted by Gasteiger charge is -2.21. The first-order valence-corrected chi connectivity index (χ1v) is 8.71. The highest BCUT2D eigenvalue weighted by atomic mass is 16.5. The summed E-state index contributed by atoms with van der Waals surface area (Å²) in [5.74, 6) is -0.176. The van der Waals surface area contributed by atoms with Gasteiger partial charge in [0.15, 0.2) is 0 Å². The van der Waals surface area contributed by atoms with Crippen LogP contribution in [0.2, 0.25) is 0 Å². The number of para-hydroxylation sites is 1. The Morgan fingerprint density at radius 1 is 1.17 bits per heavy atom. The summed E-state index contributed by atoms with van der Waals surface area (Å²) in [6, 6.07) is 8.34. The van der Waals surface area contributed by atoms with E-state index in [4.69, 9.17) is 4.98 Å². The van der Waals surface area contributed by atoms with Crippen molar-refractivity contribution in [3.8, 4) is 0 Å². The number of nitrogens with one attached hydrogen (secondary N) is 2. The lowest BCUT2D eigenvalue weighted by atomic mass is 9.92. The molecule has 0 atom stereocenters. The predicted octanol–water partition coefficient (Wildman–Crippen LogP) is 2.68. The van der Waals surface area contributed by atoms with E-state index in [-0.39, 0.29) is 5.97 Å². The first kappa shape index (κ1) is 16.7. The van der Waals surface area contributed by atoms with Gasteiger partial charge < -0.3 is 15.4 Å². The molecular formula is C19H25N3O2. The molecule has 1 aliphatic carbocycles. The van der Waals surface area contributed by atoms with Crippen LogP contribution in [-0.4, -0.2) is 37.7 Å². The monoisotopic (exact) mass is 327 g/mol. The number of aromatic nitrogens is 1. The molecule has 0 saturated heterocycles. The van der Waals surface area contributed by atoms with Crippen molar-refractivity contribution >= 4 is 22.6 Å². The summed E-state index contributed by atoms with van der Waals surface area (Å²) >= 11 is 0. The molecule has 1 aromatic carbocycles. The van der Waals surface area contributed by atoms with E-state index >= 15 is 0 Å². The normalized spacial score (nSPS) is 13.5. The lowest BCUT2D eigenvalue weighted by Crippen LogP contribution is -2.25. The fraction of sp³-hybridized carbons (Fsp3) is 0.474. The molecule has 0 amide bonds. The Morgan fingerprint density at radius 2 is 2.00 bits per heavy atom. The number of carbonyl (C=O) groups is 1. The molecule has 5 nitrogen and oxygen atoms in total. The number of pyridine rings is 1. The molecule has 0 saturated carbocycles. The van der Waals surface area contributed by atoms with Gasteiger partial charge in [-0.3, -0.25) is 9.78 Å². The molecule has 0 aliphatic heterocycles. The predicted molar refractivity (Wildman–Crippen MR) is 96.4 cm³/mol. The van der Waals surface area contributed by atoms with E-state index in [0.29, 0.717) is 13.0 Å². The minimum absolute atomic E-state index is 0.176. The van der Waals surface area contributed by atoms with Crippen LogP contribution in [0.1, 0.15) is 30.5 Å². The number of ether oxygens (including phenoxy) is 1. The number of hydrogen-bond donors (Lipinski definition) is 2. The van der Waals surface area contributed by atoms with E-state index in [0.717, 1.165) is 31.4 Å². The van der Waals surface area contributed by atoms with Crippen molar-refractivity contribution in [2.45, 2.75) is 32.1 Å². The number of nitrogens with zero attached hydrogens (tertiary/aromatic N) is 1. The third-order valence-electron chi connectivity index (χ3n) is 4.51. The second kappa shape index (κ2) is 8.11. The van der Waals surface area contributed by atoms with Crippen LogP contribution in [0.25, 0.3) is 10.9 Å². The Balaban J connectivity index is 1.66. The van der Waals surface area contributed by atoms with Gasteiger partial charge in [-0.1, -0.05) is 18.2 Å². The third kappa shape index (κ3) is 3.85. The van der Waals surface area contributed by atoms with Crippen LogP contribution >= 0.6 is 0 Å². The van der Waals surface area contributed by atoms with Crippen LogP contribution in [0.3, 0.4) is 0 Å². The average Bonchev–Trinajstić information content (AvgIpc) is 2.63. The van der Waals surface area contributed by atoms with Crippen LogP contribution in [0, 0.1) is 0 Å². The smallest absolute Gasteiger partial charge is 0.306 e. The van der Waals surface area contributed by atoms with Crippen molar-refractivity contribution in [2.75, 3.05) is 32.1 Å². The van der Waals surface area contributed by atoms with Gasteiger partial charge >= 0.3 is 5.97 Å². The zero-order valence-corrected chi connectivity index (χ0v) is 14.2. The summed E-state index contributed by atoms with van der Waals surface area (Å²) in [7, 11) is 1.42. The van der Waals surface area contributed by atoms with Gasteiger partial charge in [-0.2, -0.15) is 0 Å². The van der Waals surface area contributed by atoms with Crippen molar-refractivity contribution < 1.29 is 9.53 Å². The molecule has 128 valence electrons. The number of hydrogen-bond acceptors (Lipinski definition) is 5. The maximum atomic E-state index is 11.1. The Hall–Kier alpha value is -2.14. The minimum Gasteiger partial charge on any atom is -0.469 e. The van der Waals surface area contributed by atoms with Crippen LogP contribution in [0.15, 0.2) is 24.3 Å². The van der Waals surface area contributed by atoms with Crippen molar-refractivity contribution in [3.05, 3.63) is 35.5 Å². The summed E-state index contributed by atoms with van der Waals surface area (Å²) in [6.45, 7) is 2.27. The molecule has 0 bridgehead atoms. The fourth-order valence-electron chi connectivity index (χ4n) is 3.27. The summed E-state index contributed by atoms with van der Waals surface area (Å²) < 4.78 is 4.63. The molecule has 1 aliphatic rings. The SMILES string of the molecule is COC(=O)CCNCCNc1c2c(nc3ccccc13)CCCC2. The van der Waals surface area contributed by atoms with E-state index in [1.807, 2.05) is 6.07 Å². The summed E-state index contributed by atoms with van der Waals surface area (Å²) in [5, 5.41) is 8.07. The van der Waals surface area contributed by atoms with Crippen LogP contribution in [-0.2, 0) is 22.4 Å². The Kier molecular flexibility index (Phi) is 5.64. The molecule has 0 unspecified atom stereocenters. The Morgan fingerprint density at radius 3 is 2.88 bits per heavy atom. The van der Waals surface area contributed by atoms with E-state index in [1.54, 1.807) is 0 Å². The maximum absolute atomic E-state index is 11.1. The number of methoxy groups -OCH3 is 1. The van der Waals surface area contributed by atoms with Gasteiger partial charge in [0.1, 0.15) is 0 Å². The van der Waals surface area contributed by atoms with Gasteiger partial charge in [-0.15, -0.1) is 0 Å². The third-order valence-corrected chi connectivity index (χ3v) is 4.51. The van der Waals surface area contributed by atoms with Crippen molar-refractivity contribution in [1.82, 2.24) is 10.3 Å². The number of esters is 1. The second-order valence-corrected chi connectivity index (χ2v) is 6.14. The number of aryl methyl sites for hydroxylation is 1. The maximum Gasteiger partial charge on any atom is 0.306 e. The van der Waals surface area contributed by atoms with E-state index < -0.39 is 0 Å². The fourth-order valence-corrected chi connectivity index (χ4v) is 3.27. The molecule has 2 N–H and O–H groups in total.